The van der Waals surface area contributed by atoms with Crippen molar-refractivity contribution in [3.05, 3.63) is 58.6 Å². The van der Waals surface area contributed by atoms with Crippen molar-refractivity contribution in [2.45, 2.75) is 0 Å². The molecule has 1 heterocycles. The maximum absolute atomic E-state index is 12.4. The van der Waals surface area contributed by atoms with Gasteiger partial charge in [0.15, 0.2) is 5.58 Å². The number of fused-ring (bicyclic) bond motifs is 1. The van der Waals surface area contributed by atoms with Crippen molar-refractivity contribution < 1.29 is 9.21 Å². The Kier molecular flexibility index (Phi) is 3.65. The molecule has 3 rings (SSSR count). The summed E-state index contributed by atoms with van der Waals surface area (Å²) in [6, 6.07) is 12.5. The summed E-state index contributed by atoms with van der Waals surface area (Å²) in [6.45, 7) is 0. The number of aromatic nitrogens is 1. The van der Waals surface area contributed by atoms with Crippen LogP contribution in [0.1, 0.15) is 10.4 Å². The highest BCUT2D eigenvalue weighted by atomic mass is 16.4. The van der Waals surface area contributed by atoms with Crippen molar-refractivity contribution in [1.82, 2.24) is 4.57 Å². The van der Waals surface area contributed by atoms with Gasteiger partial charge in [-0.25, -0.2) is 4.79 Å². The topological polar surface area (TPSA) is 67.5 Å². The maximum atomic E-state index is 12.4. The van der Waals surface area contributed by atoms with E-state index >= 15 is 0 Å². The molecule has 1 aromatic heterocycles. The molecule has 118 valence electrons. The molecule has 0 atom stereocenters. The number of hydrogen-bond donors (Lipinski definition) is 1. The van der Waals surface area contributed by atoms with E-state index < -0.39 is 5.76 Å². The standard InChI is InChI=1S/C17H17N3O3/c1-19(2)13-6-4-5-11(9-13)16(21)18-12-7-8-14-15(10-12)23-17(22)20(14)3/h4-10H,1-3H3,(H,18,21). The number of amides is 1. The zero-order valence-corrected chi connectivity index (χ0v) is 13.2. The summed E-state index contributed by atoms with van der Waals surface area (Å²) in [6.07, 6.45) is 0. The lowest BCUT2D eigenvalue weighted by molar-refractivity contribution is 0.102. The summed E-state index contributed by atoms with van der Waals surface area (Å²) < 4.78 is 6.54. The lowest BCUT2D eigenvalue weighted by Crippen LogP contribution is -2.14. The van der Waals surface area contributed by atoms with Crippen LogP contribution in [0.15, 0.2) is 51.7 Å². The number of carbonyl (C=O) groups excluding carboxylic acids is 1. The second-order valence-corrected chi connectivity index (χ2v) is 5.51. The molecule has 0 aliphatic rings. The molecule has 0 unspecified atom stereocenters. The molecule has 0 aliphatic heterocycles. The minimum atomic E-state index is -0.429. The van der Waals surface area contributed by atoms with Crippen LogP contribution < -0.4 is 16.0 Å². The van der Waals surface area contributed by atoms with Crippen LogP contribution in [0, 0.1) is 0 Å². The molecular formula is C17H17N3O3. The number of carbonyl (C=O) groups is 1. The molecule has 1 amide bonds. The Labute approximate surface area is 132 Å². The predicted molar refractivity (Wildman–Crippen MR) is 90.2 cm³/mol. The van der Waals surface area contributed by atoms with Gasteiger partial charge in [-0.1, -0.05) is 6.07 Å². The molecule has 0 saturated carbocycles. The number of anilines is 2. The smallest absolute Gasteiger partial charge is 0.408 e. The van der Waals surface area contributed by atoms with Crippen LogP contribution in [-0.4, -0.2) is 24.6 Å². The summed E-state index contributed by atoms with van der Waals surface area (Å²) in [5, 5.41) is 2.82. The van der Waals surface area contributed by atoms with Crippen LogP contribution in [0.4, 0.5) is 11.4 Å². The molecule has 23 heavy (non-hydrogen) atoms. The van der Waals surface area contributed by atoms with Gasteiger partial charge in [-0.3, -0.25) is 9.36 Å². The number of nitrogens with zero attached hydrogens (tertiary/aromatic N) is 2. The van der Waals surface area contributed by atoms with E-state index in [0.29, 0.717) is 22.4 Å². The van der Waals surface area contributed by atoms with Crippen LogP contribution in [-0.2, 0) is 7.05 Å². The largest absolute Gasteiger partial charge is 0.419 e. The molecule has 3 aromatic rings. The lowest BCUT2D eigenvalue weighted by atomic mass is 10.1. The molecule has 6 heteroatoms. The Morgan fingerprint density at radius 3 is 2.70 bits per heavy atom. The average Bonchev–Trinajstić information content (AvgIpc) is 2.81. The van der Waals surface area contributed by atoms with Crippen LogP contribution in [0.25, 0.3) is 11.1 Å². The summed E-state index contributed by atoms with van der Waals surface area (Å²) >= 11 is 0. The Balaban J connectivity index is 1.88. The average molecular weight is 311 g/mol. The zero-order chi connectivity index (χ0) is 16.6. The molecular weight excluding hydrogens is 294 g/mol. The lowest BCUT2D eigenvalue weighted by Gasteiger charge is -2.13. The fraction of sp³-hybridized carbons (Fsp3) is 0.176. The summed E-state index contributed by atoms with van der Waals surface area (Å²) in [7, 11) is 5.48. The monoisotopic (exact) mass is 311 g/mol. The van der Waals surface area contributed by atoms with Crippen LogP contribution in [0.2, 0.25) is 0 Å². The molecule has 0 fully saturated rings. The van der Waals surface area contributed by atoms with Crippen molar-refractivity contribution in [2.75, 3.05) is 24.3 Å². The van der Waals surface area contributed by atoms with E-state index in [2.05, 4.69) is 5.32 Å². The summed E-state index contributed by atoms with van der Waals surface area (Å²) in [5.74, 6) is -0.645. The molecule has 0 spiro atoms. The van der Waals surface area contributed by atoms with E-state index in [1.807, 2.05) is 37.2 Å². The SMILES string of the molecule is CN(C)c1cccc(C(=O)Nc2ccc3c(c2)oc(=O)n3C)c1. The third-order valence-corrected chi connectivity index (χ3v) is 3.67. The Morgan fingerprint density at radius 1 is 1.17 bits per heavy atom. The van der Waals surface area contributed by atoms with Gasteiger partial charge in [0.05, 0.1) is 5.52 Å². The number of oxazole rings is 1. The van der Waals surface area contributed by atoms with Crippen molar-refractivity contribution in [3.63, 3.8) is 0 Å². The first-order valence-corrected chi connectivity index (χ1v) is 7.14. The van der Waals surface area contributed by atoms with E-state index in [-0.39, 0.29) is 5.91 Å². The van der Waals surface area contributed by atoms with Crippen molar-refractivity contribution >= 4 is 28.4 Å². The summed E-state index contributed by atoms with van der Waals surface area (Å²) in [4.78, 5) is 25.8. The first kappa shape index (κ1) is 14.9. The van der Waals surface area contributed by atoms with Crippen molar-refractivity contribution in [1.29, 1.82) is 0 Å². The highest BCUT2D eigenvalue weighted by Crippen LogP contribution is 2.19. The minimum Gasteiger partial charge on any atom is -0.408 e. The van der Waals surface area contributed by atoms with Crippen molar-refractivity contribution in [2.24, 2.45) is 7.05 Å². The van der Waals surface area contributed by atoms with Crippen molar-refractivity contribution in [3.8, 4) is 0 Å². The quantitative estimate of drug-likeness (QED) is 0.807. The van der Waals surface area contributed by atoms with Crippen LogP contribution >= 0.6 is 0 Å². The second-order valence-electron chi connectivity index (χ2n) is 5.51. The third-order valence-electron chi connectivity index (χ3n) is 3.67. The number of hydrogen-bond acceptors (Lipinski definition) is 4. The zero-order valence-electron chi connectivity index (χ0n) is 13.2. The van der Waals surface area contributed by atoms with Crippen LogP contribution in [0.5, 0.6) is 0 Å². The molecule has 0 aliphatic carbocycles. The van der Waals surface area contributed by atoms with Gasteiger partial charge in [0.2, 0.25) is 0 Å². The highest BCUT2D eigenvalue weighted by molar-refractivity contribution is 6.05. The van der Waals surface area contributed by atoms with Gasteiger partial charge in [-0.15, -0.1) is 0 Å². The fourth-order valence-corrected chi connectivity index (χ4v) is 2.34. The first-order valence-electron chi connectivity index (χ1n) is 7.14. The second kappa shape index (κ2) is 5.64. The molecule has 0 bridgehead atoms. The first-order chi connectivity index (χ1) is 11.0. The van der Waals surface area contributed by atoms with Gasteiger partial charge in [0.25, 0.3) is 5.91 Å². The normalized spacial score (nSPS) is 10.7. The number of benzene rings is 2. The van der Waals surface area contributed by atoms with Gasteiger partial charge < -0.3 is 14.6 Å². The molecule has 1 N–H and O–H groups in total. The van der Waals surface area contributed by atoms with Gasteiger partial charge in [-0.2, -0.15) is 0 Å². The van der Waals surface area contributed by atoms with E-state index in [0.717, 1.165) is 5.69 Å². The van der Waals surface area contributed by atoms with E-state index in [4.69, 9.17) is 4.42 Å². The fourth-order valence-electron chi connectivity index (χ4n) is 2.34. The van der Waals surface area contributed by atoms with Crippen LogP contribution in [0.3, 0.4) is 0 Å². The maximum Gasteiger partial charge on any atom is 0.419 e. The van der Waals surface area contributed by atoms with Gasteiger partial charge >= 0.3 is 5.76 Å². The van der Waals surface area contributed by atoms with E-state index in [1.54, 1.807) is 31.3 Å². The molecule has 2 aromatic carbocycles. The Hall–Kier alpha value is -3.02. The van der Waals surface area contributed by atoms with Gasteiger partial charge in [0.1, 0.15) is 0 Å². The molecule has 0 saturated heterocycles. The third kappa shape index (κ3) is 2.83. The Morgan fingerprint density at radius 2 is 1.96 bits per heavy atom. The predicted octanol–water partition coefficient (Wildman–Crippen LogP) is 2.45. The van der Waals surface area contributed by atoms with Gasteiger partial charge in [-0.05, 0) is 30.3 Å². The molecule has 0 radical (unpaired) electrons. The number of rotatable bonds is 3. The molecule has 6 nitrogen and oxygen atoms in total. The summed E-state index contributed by atoms with van der Waals surface area (Å²) in [5.41, 5.74) is 3.21. The van der Waals surface area contributed by atoms with E-state index in [9.17, 15) is 9.59 Å². The highest BCUT2D eigenvalue weighted by Gasteiger charge is 2.10. The number of aryl methyl sites for hydroxylation is 1. The minimum absolute atomic E-state index is 0.216. The number of nitrogens with one attached hydrogen (secondary N) is 1. The Bertz CT molecular complexity index is 938. The van der Waals surface area contributed by atoms with Gasteiger partial charge in [0, 0.05) is 44.1 Å². The van der Waals surface area contributed by atoms with E-state index in [1.165, 1.54) is 4.57 Å².